The van der Waals surface area contributed by atoms with Gasteiger partial charge in [0.05, 0.1) is 5.69 Å². The molecule has 86 valence electrons. The zero-order chi connectivity index (χ0) is 12.4. The Morgan fingerprint density at radius 1 is 1.29 bits per heavy atom. The highest BCUT2D eigenvalue weighted by Crippen LogP contribution is 2.17. The van der Waals surface area contributed by atoms with E-state index in [0.717, 1.165) is 11.3 Å². The minimum absolute atomic E-state index is 0.00610. The molecule has 1 N–H and O–H groups in total. The molecule has 0 amide bonds. The molecule has 0 aliphatic carbocycles. The van der Waals surface area contributed by atoms with Gasteiger partial charge in [-0.2, -0.15) is 4.98 Å². The Morgan fingerprint density at radius 2 is 2.06 bits per heavy atom. The first-order valence-electron chi connectivity index (χ1n) is 5.25. The first kappa shape index (κ1) is 11.3. The van der Waals surface area contributed by atoms with Gasteiger partial charge < -0.3 is 4.98 Å². The molecule has 2 aromatic rings. The lowest BCUT2D eigenvalue weighted by Crippen LogP contribution is -2.12. The van der Waals surface area contributed by atoms with Crippen molar-refractivity contribution in [1.29, 1.82) is 0 Å². The van der Waals surface area contributed by atoms with E-state index in [1.165, 1.54) is 6.92 Å². The average Bonchev–Trinajstić information content (AvgIpc) is 2.28. The molecule has 0 atom stereocenters. The fraction of sp³-hybridized carbons (Fsp3) is 0.154. The van der Waals surface area contributed by atoms with Gasteiger partial charge in [-0.25, -0.2) is 4.79 Å². The molecule has 0 bridgehead atoms. The summed E-state index contributed by atoms with van der Waals surface area (Å²) >= 11 is 0. The number of nitrogens with zero attached hydrogens (tertiary/aromatic N) is 1. The molecule has 4 heteroatoms. The van der Waals surface area contributed by atoms with Crippen molar-refractivity contribution in [3.8, 4) is 11.3 Å². The van der Waals surface area contributed by atoms with Crippen LogP contribution in [0.15, 0.2) is 35.1 Å². The van der Waals surface area contributed by atoms with Crippen molar-refractivity contribution in [1.82, 2.24) is 9.97 Å². The van der Waals surface area contributed by atoms with Crippen LogP contribution in [0.25, 0.3) is 11.3 Å². The normalized spacial score (nSPS) is 10.2. The van der Waals surface area contributed by atoms with Gasteiger partial charge >= 0.3 is 5.69 Å². The van der Waals surface area contributed by atoms with E-state index in [9.17, 15) is 9.59 Å². The third kappa shape index (κ3) is 2.47. The summed E-state index contributed by atoms with van der Waals surface area (Å²) in [7, 11) is 0. The van der Waals surface area contributed by atoms with Crippen molar-refractivity contribution < 1.29 is 4.79 Å². The van der Waals surface area contributed by atoms with E-state index < -0.39 is 0 Å². The SMILES string of the molecule is CC(=O)c1cccc(-c2cc(C)[nH]c(=O)n2)c1. The van der Waals surface area contributed by atoms with Crippen molar-refractivity contribution in [2.75, 3.05) is 0 Å². The number of aromatic nitrogens is 2. The van der Waals surface area contributed by atoms with Crippen molar-refractivity contribution in [2.45, 2.75) is 13.8 Å². The Balaban J connectivity index is 2.56. The quantitative estimate of drug-likeness (QED) is 0.799. The number of benzene rings is 1. The molecule has 2 rings (SSSR count). The average molecular weight is 228 g/mol. The molecule has 0 saturated carbocycles. The number of Topliss-reactive ketones (excluding diaryl/α,β-unsaturated/α-hetero) is 1. The molecule has 0 fully saturated rings. The molecule has 0 spiro atoms. The second-order valence-corrected chi connectivity index (χ2v) is 3.89. The molecule has 4 nitrogen and oxygen atoms in total. The minimum Gasteiger partial charge on any atom is -0.310 e. The fourth-order valence-electron chi connectivity index (χ4n) is 1.62. The third-order valence-corrected chi connectivity index (χ3v) is 2.44. The van der Waals surface area contributed by atoms with Gasteiger partial charge in [-0.05, 0) is 26.0 Å². The molecule has 17 heavy (non-hydrogen) atoms. The number of hydrogen-bond donors (Lipinski definition) is 1. The molecule has 0 aliphatic heterocycles. The summed E-state index contributed by atoms with van der Waals surface area (Å²) in [6.07, 6.45) is 0. The van der Waals surface area contributed by atoms with Gasteiger partial charge in [-0.1, -0.05) is 18.2 Å². The smallest absolute Gasteiger partial charge is 0.310 e. The third-order valence-electron chi connectivity index (χ3n) is 2.44. The lowest BCUT2D eigenvalue weighted by Gasteiger charge is -2.03. The lowest BCUT2D eigenvalue weighted by atomic mass is 10.1. The number of aromatic amines is 1. The van der Waals surface area contributed by atoms with E-state index in [1.54, 1.807) is 31.2 Å². The van der Waals surface area contributed by atoms with Crippen LogP contribution in [0.1, 0.15) is 23.0 Å². The Labute approximate surface area is 98.3 Å². The van der Waals surface area contributed by atoms with Crippen LogP contribution in [0.5, 0.6) is 0 Å². The van der Waals surface area contributed by atoms with Gasteiger partial charge in [-0.15, -0.1) is 0 Å². The molecule has 1 heterocycles. The zero-order valence-corrected chi connectivity index (χ0v) is 9.65. The first-order valence-corrected chi connectivity index (χ1v) is 5.25. The van der Waals surface area contributed by atoms with Crippen LogP contribution in [0.4, 0.5) is 0 Å². The van der Waals surface area contributed by atoms with E-state index in [2.05, 4.69) is 9.97 Å². The van der Waals surface area contributed by atoms with Gasteiger partial charge in [-0.3, -0.25) is 4.79 Å². The predicted octanol–water partition coefficient (Wildman–Crippen LogP) is 1.95. The van der Waals surface area contributed by atoms with Gasteiger partial charge in [0.2, 0.25) is 0 Å². The first-order chi connectivity index (χ1) is 8.06. The predicted molar refractivity (Wildman–Crippen MR) is 65.0 cm³/mol. The Morgan fingerprint density at radius 3 is 2.71 bits per heavy atom. The molecule has 0 unspecified atom stereocenters. The fourth-order valence-corrected chi connectivity index (χ4v) is 1.62. The van der Waals surface area contributed by atoms with E-state index in [4.69, 9.17) is 0 Å². The van der Waals surface area contributed by atoms with Crippen LogP contribution >= 0.6 is 0 Å². The highest BCUT2D eigenvalue weighted by molar-refractivity contribution is 5.95. The largest absolute Gasteiger partial charge is 0.345 e. The number of rotatable bonds is 2. The van der Waals surface area contributed by atoms with E-state index >= 15 is 0 Å². The molecule has 0 saturated heterocycles. The summed E-state index contributed by atoms with van der Waals surface area (Å²) in [5, 5.41) is 0. The van der Waals surface area contributed by atoms with Crippen LogP contribution < -0.4 is 5.69 Å². The number of hydrogen-bond acceptors (Lipinski definition) is 3. The van der Waals surface area contributed by atoms with Crippen LogP contribution in [-0.4, -0.2) is 15.8 Å². The summed E-state index contributed by atoms with van der Waals surface area (Å²) in [5.74, 6) is -0.00610. The van der Waals surface area contributed by atoms with Crippen LogP contribution in [0, 0.1) is 6.92 Å². The molecule has 0 aliphatic rings. The summed E-state index contributed by atoms with van der Waals surface area (Å²) in [4.78, 5) is 29.0. The van der Waals surface area contributed by atoms with Crippen LogP contribution in [0.2, 0.25) is 0 Å². The zero-order valence-electron chi connectivity index (χ0n) is 9.65. The van der Waals surface area contributed by atoms with Crippen LogP contribution in [0.3, 0.4) is 0 Å². The molecule has 1 aromatic heterocycles. The molecule has 0 radical (unpaired) electrons. The Bertz CT molecular complexity index is 629. The summed E-state index contributed by atoms with van der Waals surface area (Å²) in [5.41, 5.74) is 2.32. The highest BCUT2D eigenvalue weighted by atomic mass is 16.1. The topological polar surface area (TPSA) is 62.8 Å². The maximum Gasteiger partial charge on any atom is 0.345 e. The van der Waals surface area contributed by atoms with E-state index in [1.807, 2.05) is 6.07 Å². The second kappa shape index (κ2) is 4.33. The van der Waals surface area contributed by atoms with Crippen molar-refractivity contribution in [3.63, 3.8) is 0 Å². The number of ketones is 1. The minimum atomic E-state index is -0.381. The standard InChI is InChI=1S/C13H12N2O2/c1-8-6-12(15-13(17)14-8)11-5-3-4-10(7-11)9(2)16/h3-7H,1-2H3,(H,14,15,17). The number of carbonyl (C=O) groups excluding carboxylic acids is 1. The lowest BCUT2D eigenvalue weighted by molar-refractivity contribution is 0.101. The van der Waals surface area contributed by atoms with Crippen molar-refractivity contribution >= 4 is 5.78 Å². The molecule has 1 aromatic carbocycles. The van der Waals surface area contributed by atoms with Gasteiger partial charge in [0.15, 0.2) is 5.78 Å². The Hall–Kier alpha value is -2.23. The van der Waals surface area contributed by atoms with Crippen molar-refractivity contribution in [3.05, 3.63) is 52.1 Å². The molecular formula is C13H12N2O2. The maximum atomic E-state index is 11.3. The van der Waals surface area contributed by atoms with Gasteiger partial charge in [0.25, 0.3) is 0 Å². The second-order valence-electron chi connectivity index (χ2n) is 3.89. The number of carbonyl (C=O) groups is 1. The van der Waals surface area contributed by atoms with Gasteiger partial charge in [0.1, 0.15) is 0 Å². The molecular weight excluding hydrogens is 216 g/mol. The summed E-state index contributed by atoms with van der Waals surface area (Å²) < 4.78 is 0. The Kier molecular flexibility index (Phi) is 2.87. The van der Waals surface area contributed by atoms with E-state index in [-0.39, 0.29) is 11.5 Å². The highest BCUT2D eigenvalue weighted by Gasteiger charge is 2.05. The van der Waals surface area contributed by atoms with Crippen molar-refractivity contribution in [2.24, 2.45) is 0 Å². The van der Waals surface area contributed by atoms with Crippen LogP contribution in [-0.2, 0) is 0 Å². The van der Waals surface area contributed by atoms with Gasteiger partial charge in [0, 0.05) is 16.8 Å². The summed E-state index contributed by atoms with van der Waals surface area (Å²) in [6, 6.07) is 8.87. The number of H-pyrrole nitrogens is 1. The number of aryl methyl sites for hydroxylation is 1. The summed E-state index contributed by atoms with van der Waals surface area (Å²) in [6.45, 7) is 3.30. The monoisotopic (exact) mass is 228 g/mol. The van der Waals surface area contributed by atoms with E-state index in [0.29, 0.717) is 11.3 Å². The number of nitrogens with one attached hydrogen (secondary N) is 1. The maximum absolute atomic E-state index is 11.3.